The molecule has 3 aromatic rings. The van der Waals surface area contributed by atoms with E-state index in [2.05, 4.69) is 0 Å². The van der Waals surface area contributed by atoms with E-state index >= 15 is 0 Å². The first-order valence-corrected chi connectivity index (χ1v) is 12.1. The molecule has 208 valence electrons. The first kappa shape index (κ1) is 27.9. The van der Waals surface area contributed by atoms with Crippen LogP contribution in [-0.2, 0) is 6.42 Å². The molecule has 10 nitrogen and oxygen atoms in total. The van der Waals surface area contributed by atoms with Crippen LogP contribution in [0, 0.1) is 6.92 Å². The van der Waals surface area contributed by atoms with Crippen LogP contribution in [0.5, 0.6) is 46.0 Å². The molecule has 0 unspecified atom stereocenters. The van der Waals surface area contributed by atoms with Crippen molar-refractivity contribution in [2.45, 2.75) is 39.7 Å². The maximum atomic E-state index is 13.4. The maximum absolute atomic E-state index is 13.4. The Hall–Kier alpha value is -5.12. The van der Waals surface area contributed by atoms with Gasteiger partial charge in [0.25, 0.3) is 0 Å². The zero-order valence-electron chi connectivity index (χ0n) is 22.1. The van der Waals surface area contributed by atoms with Gasteiger partial charge in [0.15, 0.2) is 23.1 Å². The number of phenols is 7. The van der Waals surface area contributed by atoms with Crippen LogP contribution in [0.4, 0.5) is 0 Å². The Balaban J connectivity index is 1.92. The van der Waals surface area contributed by atoms with E-state index in [1.54, 1.807) is 19.9 Å². The fraction of sp³-hybridized carbons (Fsp3) is 0.200. The molecule has 0 aromatic heterocycles. The van der Waals surface area contributed by atoms with Gasteiger partial charge >= 0.3 is 0 Å². The summed E-state index contributed by atoms with van der Waals surface area (Å²) in [5.74, 6) is -5.36. The van der Waals surface area contributed by atoms with E-state index in [0.29, 0.717) is 5.56 Å². The number of ketones is 2. The topological polar surface area (TPSA) is 185 Å². The fourth-order valence-corrected chi connectivity index (χ4v) is 4.49. The van der Waals surface area contributed by atoms with Gasteiger partial charge in [-0.1, -0.05) is 12.1 Å². The minimum absolute atomic E-state index is 0.0624. The maximum Gasteiger partial charge on any atom is 0.193 e. The summed E-state index contributed by atoms with van der Waals surface area (Å²) < 4.78 is 5.95. The van der Waals surface area contributed by atoms with Gasteiger partial charge < -0.3 is 40.5 Å². The number of aromatic hydroxyl groups is 7. The molecule has 0 aliphatic carbocycles. The largest absolute Gasteiger partial charge is 0.507 e. The second kappa shape index (κ2) is 9.88. The van der Waals surface area contributed by atoms with Gasteiger partial charge in [0.1, 0.15) is 51.2 Å². The van der Waals surface area contributed by atoms with Crippen LogP contribution in [0.25, 0.3) is 12.2 Å². The molecule has 0 saturated heterocycles. The van der Waals surface area contributed by atoms with Gasteiger partial charge in [0, 0.05) is 23.1 Å². The Bertz CT molecular complexity index is 1640. The summed E-state index contributed by atoms with van der Waals surface area (Å²) in [6.07, 6.45) is 5.05. The molecule has 1 heterocycles. The first-order chi connectivity index (χ1) is 18.6. The summed E-state index contributed by atoms with van der Waals surface area (Å²) in [6.45, 7) is 5.85. The lowest BCUT2D eigenvalue weighted by Crippen LogP contribution is -2.28. The van der Waals surface area contributed by atoms with E-state index in [0.717, 1.165) is 13.0 Å². The molecule has 10 heteroatoms. The minimum atomic E-state index is -0.907. The third kappa shape index (κ3) is 4.75. The van der Waals surface area contributed by atoms with Crippen molar-refractivity contribution in [3.8, 4) is 46.0 Å². The number of allylic oxidation sites excluding steroid dienone is 1. The van der Waals surface area contributed by atoms with E-state index in [9.17, 15) is 45.3 Å². The van der Waals surface area contributed by atoms with E-state index < -0.39 is 63.6 Å². The summed E-state index contributed by atoms with van der Waals surface area (Å²) >= 11 is 0. The standard InChI is InChI=1S/C30H28O10/c1-13-24(35)17(27(38)22(14(2)31)25(13)36)12-18-26(37)16-9-10-30(3,4)40-29(16)23(28(18)39)20(33)8-6-15-5-7-19(32)21(34)11-15/h5-11,32,34-39H,12H2,1-4H3/b8-6+. The van der Waals surface area contributed by atoms with Crippen LogP contribution in [0.15, 0.2) is 30.4 Å². The van der Waals surface area contributed by atoms with Gasteiger partial charge in [-0.25, -0.2) is 0 Å². The summed E-state index contributed by atoms with van der Waals surface area (Å²) in [5.41, 5.74) is -1.86. The van der Waals surface area contributed by atoms with Gasteiger partial charge in [0.2, 0.25) is 0 Å². The Morgan fingerprint density at radius 2 is 1.48 bits per heavy atom. The van der Waals surface area contributed by atoms with Crippen LogP contribution < -0.4 is 4.74 Å². The van der Waals surface area contributed by atoms with E-state index in [4.69, 9.17) is 4.74 Å². The van der Waals surface area contributed by atoms with Gasteiger partial charge in [-0.15, -0.1) is 0 Å². The number of benzene rings is 3. The Morgan fingerprint density at radius 3 is 2.10 bits per heavy atom. The zero-order chi connectivity index (χ0) is 29.7. The van der Waals surface area contributed by atoms with Crippen LogP contribution in [-0.4, -0.2) is 52.9 Å². The number of fused-ring (bicyclic) bond motifs is 1. The number of phenolic OH excluding ortho intramolecular Hbond substituents is 7. The number of hydrogen-bond donors (Lipinski definition) is 7. The van der Waals surface area contributed by atoms with Crippen molar-refractivity contribution in [3.63, 3.8) is 0 Å². The molecule has 3 aromatic carbocycles. The van der Waals surface area contributed by atoms with Crippen molar-refractivity contribution in [3.05, 3.63) is 69.3 Å². The number of hydrogen-bond acceptors (Lipinski definition) is 10. The van der Waals surface area contributed by atoms with Crippen molar-refractivity contribution in [1.29, 1.82) is 0 Å². The van der Waals surface area contributed by atoms with Gasteiger partial charge in [-0.2, -0.15) is 0 Å². The molecule has 1 aliphatic rings. The lowest BCUT2D eigenvalue weighted by atomic mass is 9.89. The van der Waals surface area contributed by atoms with Crippen molar-refractivity contribution in [2.24, 2.45) is 0 Å². The van der Waals surface area contributed by atoms with Crippen LogP contribution in [0.2, 0.25) is 0 Å². The van der Waals surface area contributed by atoms with Crippen molar-refractivity contribution in [2.75, 3.05) is 0 Å². The van der Waals surface area contributed by atoms with Crippen molar-refractivity contribution in [1.82, 2.24) is 0 Å². The Labute approximate surface area is 229 Å². The summed E-state index contributed by atoms with van der Waals surface area (Å²) in [7, 11) is 0. The molecular formula is C30H28O10. The molecule has 7 N–H and O–H groups in total. The number of rotatable bonds is 6. The monoisotopic (exact) mass is 548 g/mol. The third-order valence-electron chi connectivity index (χ3n) is 6.69. The predicted molar refractivity (Wildman–Crippen MR) is 146 cm³/mol. The molecule has 0 spiro atoms. The number of carbonyl (C=O) groups excluding carboxylic acids is 2. The summed E-state index contributed by atoms with van der Waals surface area (Å²) in [5, 5.41) is 73.5. The van der Waals surface area contributed by atoms with Crippen LogP contribution in [0.1, 0.15) is 69.3 Å². The molecule has 0 saturated carbocycles. The van der Waals surface area contributed by atoms with Gasteiger partial charge in [0.05, 0.1) is 5.56 Å². The number of Topliss-reactive ketones (excluding diaryl/α,β-unsaturated/α-hetero) is 1. The van der Waals surface area contributed by atoms with E-state index in [1.807, 2.05) is 0 Å². The van der Waals surface area contributed by atoms with Gasteiger partial charge in [-0.05, 0) is 63.6 Å². The molecule has 0 amide bonds. The fourth-order valence-electron chi connectivity index (χ4n) is 4.49. The highest BCUT2D eigenvalue weighted by Gasteiger charge is 2.34. The lowest BCUT2D eigenvalue weighted by Gasteiger charge is -2.30. The van der Waals surface area contributed by atoms with Crippen LogP contribution >= 0.6 is 0 Å². The first-order valence-electron chi connectivity index (χ1n) is 12.1. The smallest absolute Gasteiger partial charge is 0.193 e. The summed E-state index contributed by atoms with van der Waals surface area (Å²) in [6, 6.07) is 3.91. The molecule has 1 aliphatic heterocycles. The minimum Gasteiger partial charge on any atom is -0.507 e. The second-order valence-electron chi connectivity index (χ2n) is 10.0. The molecule has 0 atom stereocenters. The average Bonchev–Trinajstić information content (AvgIpc) is 2.87. The SMILES string of the molecule is CC(=O)c1c(O)c(C)c(O)c(Cc2c(O)c3c(c(C(=O)/C=C/c4ccc(O)c(O)c4)c2O)OC(C)(C)C=C3)c1O. The molecule has 4 rings (SSSR count). The average molecular weight is 549 g/mol. The molecule has 0 bridgehead atoms. The zero-order valence-corrected chi connectivity index (χ0v) is 22.1. The highest BCUT2D eigenvalue weighted by atomic mass is 16.5. The molecular weight excluding hydrogens is 520 g/mol. The molecule has 40 heavy (non-hydrogen) atoms. The quantitative estimate of drug-likeness (QED) is 0.128. The van der Waals surface area contributed by atoms with Crippen molar-refractivity contribution >= 4 is 23.7 Å². The highest BCUT2D eigenvalue weighted by molar-refractivity contribution is 6.12. The Kier molecular flexibility index (Phi) is 6.89. The normalized spacial score (nSPS) is 13.7. The molecule has 0 radical (unpaired) electrons. The lowest BCUT2D eigenvalue weighted by molar-refractivity contribution is 0.100. The van der Waals surface area contributed by atoms with Crippen molar-refractivity contribution < 1.29 is 50.1 Å². The third-order valence-corrected chi connectivity index (χ3v) is 6.69. The second-order valence-corrected chi connectivity index (χ2v) is 10.0. The van der Waals surface area contributed by atoms with Crippen LogP contribution in [0.3, 0.4) is 0 Å². The molecule has 0 fully saturated rings. The van der Waals surface area contributed by atoms with E-state index in [1.165, 1.54) is 37.3 Å². The van der Waals surface area contributed by atoms with Gasteiger partial charge in [-0.3, -0.25) is 9.59 Å². The number of ether oxygens (including phenoxy) is 1. The number of carbonyl (C=O) groups is 2. The predicted octanol–water partition coefficient (Wildman–Crippen LogP) is 4.81. The highest BCUT2D eigenvalue weighted by Crippen LogP contribution is 2.50. The Morgan fingerprint density at radius 1 is 0.850 bits per heavy atom. The van der Waals surface area contributed by atoms with E-state index in [-0.39, 0.29) is 39.3 Å². The summed E-state index contributed by atoms with van der Waals surface area (Å²) in [4.78, 5) is 25.6.